The quantitative estimate of drug-likeness (QED) is 0.362. The molecule has 0 saturated carbocycles. The second-order valence-corrected chi connectivity index (χ2v) is 3.37. The van der Waals surface area contributed by atoms with E-state index in [1.54, 1.807) is 0 Å². The van der Waals surface area contributed by atoms with E-state index >= 15 is 0 Å². The van der Waals surface area contributed by atoms with Crippen LogP contribution in [-0.4, -0.2) is 18.2 Å². The Morgan fingerprint density at radius 2 is 2.15 bits per heavy atom. The van der Waals surface area contributed by atoms with Gasteiger partial charge >= 0.3 is 5.97 Å². The van der Waals surface area contributed by atoms with Gasteiger partial charge in [0.15, 0.2) is 0 Å². The van der Waals surface area contributed by atoms with Crippen molar-refractivity contribution in [2.24, 2.45) is 0 Å². The van der Waals surface area contributed by atoms with Crippen molar-refractivity contribution in [3.05, 3.63) is 12.8 Å². The van der Waals surface area contributed by atoms with Gasteiger partial charge in [0.1, 0.15) is 5.60 Å². The molecule has 0 N–H and O–H groups in total. The monoisotopic (exact) mass is 186 g/mol. The maximum absolute atomic E-state index is 11.2. The zero-order valence-electron chi connectivity index (χ0n) is 8.63. The molecule has 0 amide bonds. The van der Waals surface area contributed by atoms with Crippen molar-refractivity contribution in [1.29, 1.82) is 0 Å². The van der Waals surface area contributed by atoms with E-state index in [-0.39, 0.29) is 18.0 Å². The minimum Gasteiger partial charge on any atom is -0.501 e. The number of esters is 1. The van der Waals surface area contributed by atoms with Crippen LogP contribution in [0.5, 0.6) is 0 Å². The molecule has 0 atom stereocenters. The van der Waals surface area contributed by atoms with Crippen LogP contribution >= 0.6 is 0 Å². The molecule has 0 saturated heterocycles. The molecule has 0 unspecified atom stereocenters. The molecule has 0 aromatic rings. The minimum absolute atomic E-state index is 0.228. The molecule has 0 radical (unpaired) electrons. The van der Waals surface area contributed by atoms with E-state index in [2.05, 4.69) is 6.58 Å². The lowest BCUT2D eigenvalue weighted by molar-refractivity contribution is -0.157. The van der Waals surface area contributed by atoms with Crippen LogP contribution in [-0.2, 0) is 14.3 Å². The van der Waals surface area contributed by atoms with Crippen LogP contribution < -0.4 is 0 Å². The average molecular weight is 186 g/mol. The van der Waals surface area contributed by atoms with Crippen LogP contribution in [0.2, 0.25) is 0 Å². The highest BCUT2D eigenvalue weighted by Crippen LogP contribution is 2.14. The largest absolute Gasteiger partial charge is 0.501 e. The first-order chi connectivity index (χ1) is 6.02. The molecule has 0 aliphatic rings. The van der Waals surface area contributed by atoms with Crippen molar-refractivity contribution in [2.75, 3.05) is 6.61 Å². The van der Waals surface area contributed by atoms with Crippen molar-refractivity contribution < 1.29 is 14.3 Å². The lowest BCUT2D eigenvalue weighted by Gasteiger charge is -2.23. The standard InChI is InChI=1S/C10H18O3/c1-5-10(3,4)13-9(11)7-8-12-6-2/h6H,2,5,7-8H2,1,3-4H3. The molecule has 0 rings (SSSR count). The molecular formula is C10H18O3. The summed E-state index contributed by atoms with van der Waals surface area (Å²) in [6.07, 6.45) is 2.40. The molecular weight excluding hydrogens is 168 g/mol. The third-order valence-electron chi connectivity index (χ3n) is 1.78. The summed E-state index contributed by atoms with van der Waals surface area (Å²) >= 11 is 0. The van der Waals surface area contributed by atoms with Gasteiger partial charge in [0.25, 0.3) is 0 Å². The lowest BCUT2D eigenvalue weighted by atomic mass is 10.1. The predicted molar refractivity (Wildman–Crippen MR) is 51.2 cm³/mol. The fourth-order valence-corrected chi connectivity index (χ4v) is 0.657. The van der Waals surface area contributed by atoms with Gasteiger partial charge in [-0.15, -0.1) is 0 Å². The first-order valence-electron chi connectivity index (χ1n) is 4.46. The second kappa shape index (κ2) is 5.62. The van der Waals surface area contributed by atoms with Gasteiger partial charge in [-0.05, 0) is 20.3 Å². The maximum atomic E-state index is 11.2. The first kappa shape index (κ1) is 12.0. The minimum atomic E-state index is -0.370. The molecule has 3 nitrogen and oxygen atoms in total. The topological polar surface area (TPSA) is 35.5 Å². The van der Waals surface area contributed by atoms with Crippen LogP contribution in [0.25, 0.3) is 0 Å². The Morgan fingerprint density at radius 3 is 2.62 bits per heavy atom. The van der Waals surface area contributed by atoms with E-state index in [9.17, 15) is 4.79 Å². The summed E-state index contributed by atoms with van der Waals surface area (Å²) in [6.45, 7) is 9.47. The summed E-state index contributed by atoms with van der Waals surface area (Å²) in [4.78, 5) is 11.2. The zero-order valence-corrected chi connectivity index (χ0v) is 8.63. The van der Waals surface area contributed by atoms with Gasteiger partial charge in [-0.3, -0.25) is 4.79 Å². The molecule has 0 aromatic carbocycles. The number of hydrogen-bond donors (Lipinski definition) is 0. The van der Waals surface area contributed by atoms with E-state index in [1.807, 2.05) is 20.8 Å². The highest BCUT2D eigenvalue weighted by atomic mass is 16.6. The van der Waals surface area contributed by atoms with Crippen molar-refractivity contribution in [3.63, 3.8) is 0 Å². The molecule has 0 fully saturated rings. The summed E-state index contributed by atoms with van der Waals surface area (Å²) in [7, 11) is 0. The van der Waals surface area contributed by atoms with Crippen LogP contribution in [0.4, 0.5) is 0 Å². The molecule has 0 aromatic heterocycles. The summed E-state index contributed by atoms with van der Waals surface area (Å²) in [5.74, 6) is -0.228. The van der Waals surface area contributed by atoms with E-state index in [4.69, 9.17) is 9.47 Å². The Bertz CT molecular complexity index is 173. The zero-order chi connectivity index (χ0) is 10.3. The van der Waals surface area contributed by atoms with Gasteiger partial charge in [0, 0.05) is 0 Å². The van der Waals surface area contributed by atoms with E-state index in [0.29, 0.717) is 6.61 Å². The number of rotatable bonds is 6. The maximum Gasteiger partial charge on any atom is 0.309 e. The number of hydrogen-bond acceptors (Lipinski definition) is 3. The predicted octanol–water partition coefficient (Wildman–Crippen LogP) is 2.27. The van der Waals surface area contributed by atoms with Gasteiger partial charge in [0.2, 0.25) is 0 Å². The van der Waals surface area contributed by atoms with Crippen LogP contribution in [0.1, 0.15) is 33.6 Å². The third kappa shape index (κ3) is 6.20. The molecule has 76 valence electrons. The third-order valence-corrected chi connectivity index (χ3v) is 1.78. The Hall–Kier alpha value is -0.990. The number of carbonyl (C=O) groups is 1. The van der Waals surface area contributed by atoms with Crippen molar-refractivity contribution in [3.8, 4) is 0 Å². The Labute approximate surface area is 79.7 Å². The number of carbonyl (C=O) groups excluding carboxylic acids is 1. The Kier molecular flexibility index (Phi) is 5.19. The van der Waals surface area contributed by atoms with E-state index < -0.39 is 0 Å². The second-order valence-electron chi connectivity index (χ2n) is 3.37. The van der Waals surface area contributed by atoms with Crippen molar-refractivity contribution >= 4 is 5.97 Å². The van der Waals surface area contributed by atoms with Crippen LogP contribution in [0.15, 0.2) is 12.8 Å². The molecule has 0 spiro atoms. The van der Waals surface area contributed by atoms with Gasteiger partial charge in [-0.1, -0.05) is 13.5 Å². The molecule has 0 bridgehead atoms. The van der Waals surface area contributed by atoms with Crippen LogP contribution in [0.3, 0.4) is 0 Å². The molecule has 13 heavy (non-hydrogen) atoms. The van der Waals surface area contributed by atoms with Gasteiger partial charge in [-0.2, -0.15) is 0 Å². The SMILES string of the molecule is C=COCCC(=O)OC(C)(C)CC. The highest BCUT2D eigenvalue weighted by molar-refractivity contribution is 5.69. The smallest absolute Gasteiger partial charge is 0.309 e. The fraction of sp³-hybridized carbons (Fsp3) is 0.700. The summed E-state index contributed by atoms with van der Waals surface area (Å²) < 4.78 is 10.00. The fourth-order valence-electron chi connectivity index (χ4n) is 0.657. The van der Waals surface area contributed by atoms with E-state index in [1.165, 1.54) is 6.26 Å². The average Bonchev–Trinajstić information content (AvgIpc) is 2.04. The molecule has 0 heterocycles. The molecule has 0 aliphatic heterocycles. The molecule has 0 aliphatic carbocycles. The first-order valence-corrected chi connectivity index (χ1v) is 4.46. The highest BCUT2D eigenvalue weighted by Gasteiger charge is 2.19. The van der Waals surface area contributed by atoms with E-state index in [0.717, 1.165) is 6.42 Å². The molecule has 3 heteroatoms. The van der Waals surface area contributed by atoms with Gasteiger partial charge in [-0.25, -0.2) is 0 Å². The van der Waals surface area contributed by atoms with Crippen LogP contribution in [0, 0.1) is 0 Å². The Morgan fingerprint density at radius 1 is 1.54 bits per heavy atom. The van der Waals surface area contributed by atoms with Gasteiger partial charge in [0.05, 0.1) is 19.3 Å². The summed E-state index contributed by atoms with van der Waals surface area (Å²) in [6, 6.07) is 0. The number of ether oxygens (including phenoxy) is 2. The lowest BCUT2D eigenvalue weighted by Crippen LogP contribution is -2.27. The summed E-state index contributed by atoms with van der Waals surface area (Å²) in [5.41, 5.74) is -0.370. The Balaban J connectivity index is 3.67. The van der Waals surface area contributed by atoms with Crippen molar-refractivity contribution in [1.82, 2.24) is 0 Å². The van der Waals surface area contributed by atoms with Gasteiger partial charge < -0.3 is 9.47 Å². The summed E-state index contributed by atoms with van der Waals surface area (Å²) in [5, 5.41) is 0. The normalized spacial score (nSPS) is 10.7. The van der Waals surface area contributed by atoms with Crippen molar-refractivity contribution in [2.45, 2.75) is 39.2 Å².